The van der Waals surface area contributed by atoms with Crippen molar-refractivity contribution in [2.75, 3.05) is 26.8 Å². The molecule has 5 nitrogen and oxygen atoms in total. The standard InChI is InChI=1S/C23H29ClN2O3/c1-3-29-22-20(24)13-19(14-21(22)28-2)23(27)25-15-17-9-5-6-10-18(17)16-26-11-7-4-8-12-26/h5-6,9-10,13-14H,3-4,7-8,11-12,15-16H2,1-2H3,(H,25,27). The van der Waals surface area contributed by atoms with E-state index in [2.05, 4.69) is 28.4 Å². The van der Waals surface area contributed by atoms with Crippen LogP contribution in [0.25, 0.3) is 0 Å². The fourth-order valence-electron chi connectivity index (χ4n) is 3.66. The maximum absolute atomic E-state index is 12.7. The van der Waals surface area contributed by atoms with Crippen molar-refractivity contribution >= 4 is 17.5 Å². The topological polar surface area (TPSA) is 50.8 Å². The molecule has 1 N–H and O–H groups in total. The third-order valence-corrected chi connectivity index (χ3v) is 5.46. The summed E-state index contributed by atoms with van der Waals surface area (Å²) in [6, 6.07) is 11.6. The lowest BCUT2D eigenvalue weighted by molar-refractivity contribution is 0.0950. The SMILES string of the molecule is CCOc1c(Cl)cc(C(=O)NCc2ccccc2CN2CCCCC2)cc1OC. The number of carbonyl (C=O) groups is 1. The molecule has 0 aliphatic carbocycles. The zero-order chi connectivity index (χ0) is 20.6. The van der Waals surface area contributed by atoms with Gasteiger partial charge in [-0.15, -0.1) is 0 Å². The first-order valence-electron chi connectivity index (χ1n) is 10.2. The molecule has 0 aromatic heterocycles. The normalized spacial score (nSPS) is 14.4. The molecule has 1 fully saturated rings. The molecule has 0 spiro atoms. The zero-order valence-electron chi connectivity index (χ0n) is 17.2. The fraction of sp³-hybridized carbons (Fsp3) is 0.435. The predicted molar refractivity (Wildman–Crippen MR) is 116 cm³/mol. The van der Waals surface area contributed by atoms with Crippen molar-refractivity contribution in [2.45, 2.75) is 39.3 Å². The van der Waals surface area contributed by atoms with E-state index in [1.807, 2.05) is 13.0 Å². The molecule has 0 saturated carbocycles. The summed E-state index contributed by atoms with van der Waals surface area (Å²) >= 11 is 6.30. The molecule has 2 aromatic carbocycles. The molecular formula is C23H29ClN2O3. The molecule has 1 aliphatic heterocycles. The third kappa shape index (κ3) is 5.64. The number of nitrogens with zero attached hydrogens (tertiary/aromatic N) is 1. The number of ether oxygens (including phenoxy) is 2. The number of piperidine rings is 1. The van der Waals surface area contributed by atoms with Gasteiger partial charge < -0.3 is 14.8 Å². The first kappa shape index (κ1) is 21.5. The second-order valence-electron chi connectivity index (χ2n) is 7.21. The van der Waals surface area contributed by atoms with Gasteiger partial charge in [-0.05, 0) is 56.1 Å². The van der Waals surface area contributed by atoms with Crippen LogP contribution < -0.4 is 14.8 Å². The van der Waals surface area contributed by atoms with Crippen LogP contribution in [-0.4, -0.2) is 37.6 Å². The van der Waals surface area contributed by atoms with E-state index in [1.165, 1.54) is 31.9 Å². The van der Waals surface area contributed by atoms with Crippen LogP contribution in [0.1, 0.15) is 47.7 Å². The van der Waals surface area contributed by atoms with E-state index in [0.717, 1.165) is 25.2 Å². The molecule has 1 saturated heterocycles. The molecule has 6 heteroatoms. The van der Waals surface area contributed by atoms with Crippen LogP contribution in [0.15, 0.2) is 36.4 Å². The van der Waals surface area contributed by atoms with Crippen LogP contribution in [-0.2, 0) is 13.1 Å². The largest absolute Gasteiger partial charge is 0.493 e. The third-order valence-electron chi connectivity index (χ3n) is 5.18. The summed E-state index contributed by atoms with van der Waals surface area (Å²) in [5, 5.41) is 3.37. The second kappa shape index (κ2) is 10.5. The predicted octanol–water partition coefficient (Wildman–Crippen LogP) is 4.66. The highest BCUT2D eigenvalue weighted by atomic mass is 35.5. The van der Waals surface area contributed by atoms with E-state index in [-0.39, 0.29) is 5.91 Å². The first-order chi connectivity index (χ1) is 14.1. The Morgan fingerprint density at radius 1 is 1.14 bits per heavy atom. The molecule has 1 amide bonds. The molecule has 1 aliphatic rings. The van der Waals surface area contributed by atoms with Crippen molar-refractivity contribution in [3.8, 4) is 11.5 Å². The Balaban J connectivity index is 1.68. The van der Waals surface area contributed by atoms with Gasteiger partial charge in [0.1, 0.15) is 0 Å². The number of likely N-dealkylation sites (tertiary alicyclic amines) is 1. The van der Waals surface area contributed by atoms with Gasteiger partial charge in [-0.2, -0.15) is 0 Å². The molecule has 29 heavy (non-hydrogen) atoms. The molecule has 3 rings (SSSR count). The number of carbonyl (C=O) groups excluding carboxylic acids is 1. The van der Waals surface area contributed by atoms with E-state index in [1.54, 1.807) is 12.1 Å². The number of methoxy groups -OCH3 is 1. The summed E-state index contributed by atoms with van der Waals surface area (Å²) in [6.45, 7) is 6.02. The number of amides is 1. The van der Waals surface area contributed by atoms with Gasteiger partial charge in [0.2, 0.25) is 0 Å². The quantitative estimate of drug-likeness (QED) is 0.679. The van der Waals surface area contributed by atoms with Gasteiger partial charge in [0.15, 0.2) is 11.5 Å². The Morgan fingerprint density at radius 2 is 1.86 bits per heavy atom. The van der Waals surface area contributed by atoms with E-state index >= 15 is 0 Å². The number of hydrogen-bond acceptors (Lipinski definition) is 4. The summed E-state index contributed by atoms with van der Waals surface area (Å²) < 4.78 is 10.9. The summed E-state index contributed by atoms with van der Waals surface area (Å²) in [4.78, 5) is 15.2. The smallest absolute Gasteiger partial charge is 0.251 e. The monoisotopic (exact) mass is 416 g/mol. The Morgan fingerprint density at radius 3 is 2.55 bits per heavy atom. The van der Waals surface area contributed by atoms with Crippen LogP contribution in [0.4, 0.5) is 0 Å². The van der Waals surface area contributed by atoms with Crippen molar-refractivity contribution < 1.29 is 14.3 Å². The molecule has 156 valence electrons. The van der Waals surface area contributed by atoms with Crippen LogP contribution in [0.2, 0.25) is 5.02 Å². The Labute approximate surface area is 177 Å². The van der Waals surface area contributed by atoms with Crippen LogP contribution >= 0.6 is 11.6 Å². The van der Waals surface area contributed by atoms with Crippen molar-refractivity contribution in [1.82, 2.24) is 10.2 Å². The van der Waals surface area contributed by atoms with Crippen LogP contribution in [0.3, 0.4) is 0 Å². The molecule has 1 heterocycles. The average Bonchev–Trinajstić information content (AvgIpc) is 2.75. The van der Waals surface area contributed by atoms with Gasteiger partial charge in [0.25, 0.3) is 5.91 Å². The highest BCUT2D eigenvalue weighted by Crippen LogP contribution is 2.36. The molecule has 0 atom stereocenters. The number of hydrogen-bond donors (Lipinski definition) is 1. The molecule has 2 aromatic rings. The van der Waals surface area contributed by atoms with Gasteiger partial charge in [-0.1, -0.05) is 42.3 Å². The number of nitrogens with one attached hydrogen (secondary N) is 1. The summed E-state index contributed by atoms with van der Waals surface area (Å²) in [6.07, 6.45) is 3.85. The second-order valence-corrected chi connectivity index (χ2v) is 7.62. The molecule has 0 unspecified atom stereocenters. The molecule has 0 radical (unpaired) electrons. The summed E-state index contributed by atoms with van der Waals surface area (Å²) in [5.74, 6) is 0.719. The molecule has 0 bridgehead atoms. The van der Waals surface area contributed by atoms with Crippen molar-refractivity contribution in [2.24, 2.45) is 0 Å². The minimum Gasteiger partial charge on any atom is -0.493 e. The highest BCUT2D eigenvalue weighted by molar-refractivity contribution is 6.32. The van der Waals surface area contributed by atoms with E-state index in [9.17, 15) is 4.79 Å². The fourth-order valence-corrected chi connectivity index (χ4v) is 3.92. The maximum Gasteiger partial charge on any atom is 0.251 e. The summed E-state index contributed by atoms with van der Waals surface area (Å²) in [7, 11) is 1.53. The van der Waals surface area contributed by atoms with Gasteiger partial charge >= 0.3 is 0 Å². The Kier molecular flexibility index (Phi) is 7.78. The average molecular weight is 417 g/mol. The summed E-state index contributed by atoms with van der Waals surface area (Å²) in [5.41, 5.74) is 2.84. The first-order valence-corrected chi connectivity index (χ1v) is 10.6. The maximum atomic E-state index is 12.7. The van der Waals surface area contributed by atoms with Crippen molar-refractivity contribution in [3.63, 3.8) is 0 Å². The van der Waals surface area contributed by atoms with Crippen LogP contribution in [0, 0.1) is 0 Å². The Bertz CT molecular complexity index is 835. The molecular weight excluding hydrogens is 388 g/mol. The van der Waals surface area contributed by atoms with Crippen molar-refractivity contribution in [1.29, 1.82) is 0 Å². The van der Waals surface area contributed by atoms with E-state index in [4.69, 9.17) is 21.1 Å². The lowest BCUT2D eigenvalue weighted by Crippen LogP contribution is -2.30. The van der Waals surface area contributed by atoms with E-state index < -0.39 is 0 Å². The van der Waals surface area contributed by atoms with Gasteiger partial charge in [0.05, 0.1) is 18.7 Å². The Hall–Kier alpha value is -2.24. The lowest BCUT2D eigenvalue weighted by atomic mass is 10.0. The van der Waals surface area contributed by atoms with Crippen molar-refractivity contribution in [3.05, 3.63) is 58.1 Å². The number of halogens is 1. The van der Waals surface area contributed by atoms with Gasteiger partial charge in [-0.25, -0.2) is 0 Å². The minimum absolute atomic E-state index is 0.193. The van der Waals surface area contributed by atoms with Crippen LogP contribution in [0.5, 0.6) is 11.5 Å². The van der Waals surface area contributed by atoms with Gasteiger partial charge in [0, 0.05) is 18.7 Å². The van der Waals surface area contributed by atoms with Gasteiger partial charge in [-0.3, -0.25) is 9.69 Å². The number of benzene rings is 2. The minimum atomic E-state index is -0.193. The zero-order valence-corrected chi connectivity index (χ0v) is 17.9. The van der Waals surface area contributed by atoms with E-state index in [0.29, 0.717) is 35.2 Å². The lowest BCUT2D eigenvalue weighted by Gasteiger charge is -2.27. The number of rotatable bonds is 8. The highest BCUT2D eigenvalue weighted by Gasteiger charge is 2.17.